The van der Waals surface area contributed by atoms with Crippen molar-refractivity contribution in [3.8, 4) is 11.5 Å². The fraction of sp³-hybridized carbons (Fsp3) is 0.133. The largest absolute Gasteiger partial charge is 0.497 e. The molecule has 0 atom stereocenters. The predicted molar refractivity (Wildman–Crippen MR) is 77.0 cm³/mol. The molecule has 21 heavy (non-hydrogen) atoms. The zero-order chi connectivity index (χ0) is 15.6. The van der Waals surface area contributed by atoms with Crippen LogP contribution in [0.1, 0.15) is 15.9 Å². The summed E-state index contributed by atoms with van der Waals surface area (Å²) in [6.07, 6.45) is 0. The van der Waals surface area contributed by atoms with Crippen LogP contribution in [0.25, 0.3) is 0 Å². The summed E-state index contributed by atoms with van der Waals surface area (Å²) in [5.41, 5.74) is -0.0932. The summed E-state index contributed by atoms with van der Waals surface area (Å²) in [6.45, 7) is 0. The van der Waals surface area contributed by atoms with Gasteiger partial charge in [-0.15, -0.1) is 0 Å². The Bertz CT molecular complexity index is 702. The zero-order valence-corrected chi connectivity index (χ0v) is 12.8. The Morgan fingerprint density at radius 1 is 1.10 bits per heavy atom. The van der Waals surface area contributed by atoms with Gasteiger partial charge in [-0.2, -0.15) is 0 Å². The standard InChI is InChI=1S/C15H11BrF2O3/c1-20-9-6-11(16)14(13(7-9)21-2)15(19)10-4-3-8(17)5-12(10)18/h3-7H,1-2H3. The number of hydrogen-bond donors (Lipinski definition) is 0. The summed E-state index contributed by atoms with van der Waals surface area (Å²) in [7, 11) is 2.86. The van der Waals surface area contributed by atoms with Crippen LogP contribution in [-0.4, -0.2) is 20.0 Å². The fourth-order valence-electron chi connectivity index (χ4n) is 1.87. The second kappa shape index (κ2) is 6.22. The van der Waals surface area contributed by atoms with E-state index >= 15 is 0 Å². The van der Waals surface area contributed by atoms with Gasteiger partial charge in [0.25, 0.3) is 0 Å². The number of carbonyl (C=O) groups excluding carboxylic acids is 1. The highest BCUT2D eigenvalue weighted by Gasteiger charge is 2.22. The summed E-state index contributed by atoms with van der Waals surface area (Å²) in [5.74, 6) is -1.57. The van der Waals surface area contributed by atoms with Crippen molar-refractivity contribution in [3.63, 3.8) is 0 Å². The average molecular weight is 357 g/mol. The molecule has 3 nitrogen and oxygen atoms in total. The smallest absolute Gasteiger partial charge is 0.200 e. The summed E-state index contributed by atoms with van der Waals surface area (Å²) in [4.78, 5) is 12.5. The topological polar surface area (TPSA) is 35.5 Å². The molecule has 0 saturated heterocycles. The number of methoxy groups -OCH3 is 2. The molecule has 0 aliphatic rings. The number of ether oxygens (including phenoxy) is 2. The highest BCUT2D eigenvalue weighted by Crippen LogP contribution is 2.34. The normalized spacial score (nSPS) is 10.3. The minimum atomic E-state index is -0.926. The number of carbonyl (C=O) groups is 1. The Morgan fingerprint density at radius 3 is 2.38 bits per heavy atom. The molecule has 0 heterocycles. The molecule has 0 fully saturated rings. The first-order chi connectivity index (χ1) is 9.97. The molecular weight excluding hydrogens is 346 g/mol. The average Bonchev–Trinajstić information content (AvgIpc) is 2.45. The van der Waals surface area contributed by atoms with Gasteiger partial charge in [0.2, 0.25) is 5.78 Å². The Kier molecular flexibility index (Phi) is 4.57. The van der Waals surface area contributed by atoms with Crippen LogP contribution in [0, 0.1) is 11.6 Å². The lowest BCUT2D eigenvalue weighted by molar-refractivity contribution is 0.103. The number of rotatable bonds is 4. The van der Waals surface area contributed by atoms with E-state index in [0.717, 1.165) is 12.1 Å². The van der Waals surface area contributed by atoms with Crippen molar-refractivity contribution in [1.29, 1.82) is 0 Å². The summed E-state index contributed by atoms with van der Waals surface area (Å²) < 4.78 is 37.3. The maximum absolute atomic E-state index is 13.8. The van der Waals surface area contributed by atoms with Gasteiger partial charge in [0, 0.05) is 16.6 Å². The summed E-state index contributed by atoms with van der Waals surface area (Å²) in [6, 6.07) is 5.87. The summed E-state index contributed by atoms with van der Waals surface area (Å²) in [5, 5.41) is 0. The lowest BCUT2D eigenvalue weighted by Crippen LogP contribution is -2.08. The molecule has 110 valence electrons. The monoisotopic (exact) mass is 356 g/mol. The Morgan fingerprint density at radius 2 is 1.81 bits per heavy atom. The lowest BCUT2D eigenvalue weighted by Gasteiger charge is -2.12. The quantitative estimate of drug-likeness (QED) is 0.777. The van der Waals surface area contributed by atoms with E-state index in [1.54, 1.807) is 6.07 Å². The molecule has 0 amide bonds. The van der Waals surface area contributed by atoms with Crippen LogP contribution < -0.4 is 9.47 Å². The Balaban J connectivity index is 2.57. The van der Waals surface area contributed by atoms with Gasteiger partial charge in [-0.05, 0) is 34.1 Å². The second-order valence-corrected chi connectivity index (χ2v) is 4.99. The molecule has 0 N–H and O–H groups in total. The highest BCUT2D eigenvalue weighted by atomic mass is 79.9. The molecule has 0 unspecified atom stereocenters. The van der Waals surface area contributed by atoms with Crippen molar-refractivity contribution < 1.29 is 23.0 Å². The molecule has 0 bridgehead atoms. The van der Waals surface area contributed by atoms with Crippen LogP contribution in [0.3, 0.4) is 0 Å². The van der Waals surface area contributed by atoms with Crippen LogP contribution in [0.5, 0.6) is 11.5 Å². The van der Waals surface area contributed by atoms with Crippen molar-refractivity contribution >= 4 is 21.7 Å². The first-order valence-electron chi connectivity index (χ1n) is 5.89. The van der Waals surface area contributed by atoms with E-state index in [1.807, 2.05) is 0 Å². The third-order valence-corrected chi connectivity index (χ3v) is 3.51. The first-order valence-corrected chi connectivity index (χ1v) is 6.68. The van der Waals surface area contributed by atoms with E-state index in [4.69, 9.17) is 9.47 Å². The van der Waals surface area contributed by atoms with E-state index in [1.165, 1.54) is 20.3 Å². The fourth-order valence-corrected chi connectivity index (χ4v) is 2.47. The van der Waals surface area contributed by atoms with E-state index in [9.17, 15) is 13.6 Å². The second-order valence-electron chi connectivity index (χ2n) is 4.14. The number of halogens is 3. The van der Waals surface area contributed by atoms with Crippen molar-refractivity contribution in [2.24, 2.45) is 0 Å². The van der Waals surface area contributed by atoms with E-state index in [-0.39, 0.29) is 16.9 Å². The van der Waals surface area contributed by atoms with Gasteiger partial charge in [-0.25, -0.2) is 8.78 Å². The van der Waals surface area contributed by atoms with Crippen molar-refractivity contribution in [2.45, 2.75) is 0 Å². The molecular formula is C15H11BrF2O3. The minimum absolute atomic E-state index is 0.142. The molecule has 2 rings (SSSR count). The third kappa shape index (κ3) is 3.05. The van der Waals surface area contributed by atoms with Crippen LogP contribution in [0.2, 0.25) is 0 Å². The van der Waals surface area contributed by atoms with Gasteiger partial charge in [0.15, 0.2) is 0 Å². The van der Waals surface area contributed by atoms with Crippen molar-refractivity contribution in [3.05, 3.63) is 57.6 Å². The molecule has 0 radical (unpaired) electrons. The van der Waals surface area contributed by atoms with E-state index in [2.05, 4.69) is 15.9 Å². The zero-order valence-electron chi connectivity index (χ0n) is 11.2. The van der Waals surface area contributed by atoms with Crippen LogP contribution in [-0.2, 0) is 0 Å². The van der Waals surface area contributed by atoms with Gasteiger partial charge in [-0.3, -0.25) is 4.79 Å². The number of benzene rings is 2. The van der Waals surface area contributed by atoms with E-state index in [0.29, 0.717) is 16.3 Å². The van der Waals surface area contributed by atoms with Gasteiger partial charge in [-0.1, -0.05) is 0 Å². The van der Waals surface area contributed by atoms with E-state index < -0.39 is 17.4 Å². The number of ketones is 1. The molecule has 0 spiro atoms. The molecule has 0 aromatic heterocycles. The molecule has 0 aliphatic carbocycles. The van der Waals surface area contributed by atoms with Gasteiger partial charge in [0.05, 0.1) is 25.3 Å². The van der Waals surface area contributed by atoms with Crippen LogP contribution in [0.4, 0.5) is 8.78 Å². The predicted octanol–water partition coefficient (Wildman–Crippen LogP) is 3.98. The summed E-state index contributed by atoms with van der Waals surface area (Å²) >= 11 is 3.24. The molecule has 0 aliphatic heterocycles. The van der Waals surface area contributed by atoms with Gasteiger partial charge in [0.1, 0.15) is 23.1 Å². The number of hydrogen-bond acceptors (Lipinski definition) is 3. The van der Waals surface area contributed by atoms with Gasteiger partial charge < -0.3 is 9.47 Å². The van der Waals surface area contributed by atoms with Crippen molar-refractivity contribution in [1.82, 2.24) is 0 Å². The van der Waals surface area contributed by atoms with Crippen LogP contribution in [0.15, 0.2) is 34.8 Å². The Labute approximate surface area is 128 Å². The molecule has 6 heteroatoms. The molecule has 0 saturated carbocycles. The Hall–Kier alpha value is -1.95. The minimum Gasteiger partial charge on any atom is -0.497 e. The SMILES string of the molecule is COc1cc(Br)c(C(=O)c2ccc(F)cc2F)c(OC)c1. The van der Waals surface area contributed by atoms with Gasteiger partial charge >= 0.3 is 0 Å². The molecule has 2 aromatic carbocycles. The third-order valence-electron chi connectivity index (χ3n) is 2.89. The lowest BCUT2D eigenvalue weighted by atomic mass is 10.0. The first kappa shape index (κ1) is 15.4. The maximum atomic E-state index is 13.8. The van der Waals surface area contributed by atoms with Crippen molar-refractivity contribution in [2.75, 3.05) is 14.2 Å². The van der Waals surface area contributed by atoms with Crippen LogP contribution >= 0.6 is 15.9 Å². The highest BCUT2D eigenvalue weighted by molar-refractivity contribution is 9.10. The molecule has 2 aromatic rings. The maximum Gasteiger partial charge on any atom is 0.200 e.